The summed E-state index contributed by atoms with van der Waals surface area (Å²) in [5.41, 5.74) is -0.101. The Morgan fingerprint density at radius 2 is 1.72 bits per heavy atom. The Hall–Kier alpha value is -0.160. The van der Waals surface area contributed by atoms with Gasteiger partial charge in [0.15, 0.2) is 0 Å². The summed E-state index contributed by atoms with van der Waals surface area (Å²) in [5, 5.41) is 3.38. The maximum atomic E-state index is 5.75. The van der Waals surface area contributed by atoms with E-state index in [4.69, 9.17) is 14.2 Å². The zero-order valence-electron chi connectivity index (χ0n) is 12.9. The van der Waals surface area contributed by atoms with Crippen LogP contribution >= 0.6 is 0 Å². The van der Waals surface area contributed by atoms with Crippen LogP contribution in [-0.2, 0) is 14.2 Å². The summed E-state index contributed by atoms with van der Waals surface area (Å²) in [6.07, 6.45) is 0.0947. The third kappa shape index (κ3) is 12.3. The molecule has 0 bridgehead atoms. The number of rotatable bonds is 10. The average molecular weight is 261 g/mol. The summed E-state index contributed by atoms with van der Waals surface area (Å²) in [7, 11) is 1.70. The second kappa shape index (κ2) is 9.73. The summed E-state index contributed by atoms with van der Waals surface area (Å²) in [4.78, 5) is 0. The van der Waals surface area contributed by atoms with Gasteiger partial charge in [0.2, 0.25) is 0 Å². The number of hydrogen-bond acceptors (Lipinski definition) is 4. The van der Waals surface area contributed by atoms with Crippen molar-refractivity contribution in [1.82, 2.24) is 5.32 Å². The van der Waals surface area contributed by atoms with Crippen molar-refractivity contribution >= 4 is 0 Å². The fourth-order valence-corrected chi connectivity index (χ4v) is 1.45. The molecule has 1 N–H and O–H groups in total. The van der Waals surface area contributed by atoms with E-state index >= 15 is 0 Å². The Morgan fingerprint density at radius 3 is 2.22 bits per heavy atom. The zero-order chi connectivity index (χ0) is 14.0. The smallest absolute Gasteiger partial charge is 0.0933 e. The van der Waals surface area contributed by atoms with Crippen LogP contribution in [0.2, 0.25) is 0 Å². The average Bonchev–Trinajstić information content (AvgIpc) is 2.22. The SMILES string of the molecule is COCC(CNCC(C)C)OCCOC(C)(C)C. The second-order valence-electron chi connectivity index (χ2n) is 5.96. The first-order chi connectivity index (χ1) is 8.35. The van der Waals surface area contributed by atoms with Crippen molar-refractivity contribution in [3.8, 4) is 0 Å². The molecule has 1 atom stereocenters. The normalized spacial score (nSPS) is 14.2. The van der Waals surface area contributed by atoms with Gasteiger partial charge in [0, 0.05) is 13.7 Å². The molecule has 0 radical (unpaired) electrons. The van der Waals surface area contributed by atoms with Crippen molar-refractivity contribution in [2.45, 2.75) is 46.3 Å². The molecule has 110 valence electrons. The summed E-state index contributed by atoms with van der Waals surface area (Å²) in [5.74, 6) is 0.650. The molecule has 0 aromatic heterocycles. The van der Waals surface area contributed by atoms with Gasteiger partial charge in [0.25, 0.3) is 0 Å². The Balaban J connectivity index is 3.69. The Kier molecular flexibility index (Phi) is 9.64. The molecule has 4 nitrogen and oxygen atoms in total. The van der Waals surface area contributed by atoms with E-state index in [0.29, 0.717) is 25.7 Å². The molecule has 0 aliphatic rings. The summed E-state index contributed by atoms with van der Waals surface area (Å²) < 4.78 is 16.5. The van der Waals surface area contributed by atoms with Crippen LogP contribution in [-0.4, -0.2) is 51.7 Å². The van der Waals surface area contributed by atoms with Crippen LogP contribution in [0.25, 0.3) is 0 Å². The molecular formula is C14H31NO3. The standard InChI is InChI=1S/C14H31NO3/c1-12(2)9-15-10-13(11-16-6)17-7-8-18-14(3,4)5/h12-13,15H,7-11H2,1-6H3. The van der Waals surface area contributed by atoms with Gasteiger partial charge < -0.3 is 19.5 Å². The largest absolute Gasteiger partial charge is 0.382 e. The summed E-state index contributed by atoms with van der Waals surface area (Å²) >= 11 is 0. The lowest BCUT2D eigenvalue weighted by Crippen LogP contribution is -2.35. The predicted octanol–water partition coefficient (Wildman–Crippen LogP) is 2.08. The fourth-order valence-electron chi connectivity index (χ4n) is 1.45. The van der Waals surface area contributed by atoms with Crippen LogP contribution in [0.3, 0.4) is 0 Å². The molecule has 18 heavy (non-hydrogen) atoms. The number of methoxy groups -OCH3 is 1. The van der Waals surface area contributed by atoms with Gasteiger partial charge in [-0.05, 0) is 33.2 Å². The molecule has 0 saturated heterocycles. The number of nitrogens with one attached hydrogen (secondary N) is 1. The topological polar surface area (TPSA) is 39.7 Å². The number of hydrogen-bond donors (Lipinski definition) is 1. The van der Waals surface area contributed by atoms with Gasteiger partial charge in [-0.2, -0.15) is 0 Å². The van der Waals surface area contributed by atoms with Crippen LogP contribution in [0.1, 0.15) is 34.6 Å². The van der Waals surface area contributed by atoms with E-state index in [9.17, 15) is 0 Å². The van der Waals surface area contributed by atoms with E-state index in [-0.39, 0.29) is 11.7 Å². The maximum Gasteiger partial charge on any atom is 0.0933 e. The highest BCUT2D eigenvalue weighted by molar-refractivity contribution is 4.63. The van der Waals surface area contributed by atoms with Crippen molar-refractivity contribution in [1.29, 1.82) is 0 Å². The van der Waals surface area contributed by atoms with Crippen molar-refractivity contribution in [3.05, 3.63) is 0 Å². The minimum absolute atomic E-state index is 0.0947. The van der Waals surface area contributed by atoms with Gasteiger partial charge in [0.1, 0.15) is 0 Å². The molecule has 0 aromatic rings. The molecule has 0 heterocycles. The molecule has 0 amide bonds. The molecule has 0 aliphatic heterocycles. The van der Waals surface area contributed by atoms with Gasteiger partial charge in [0.05, 0.1) is 31.5 Å². The monoisotopic (exact) mass is 261 g/mol. The van der Waals surface area contributed by atoms with Gasteiger partial charge in [-0.1, -0.05) is 13.8 Å². The van der Waals surface area contributed by atoms with Crippen LogP contribution in [0, 0.1) is 5.92 Å². The highest BCUT2D eigenvalue weighted by Crippen LogP contribution is 2.06. The van der Waals surface area contributed by atoms with E-state index < -0.39 is 0 Å². The highest BCUT2D eigenvalue weighted by atomic mass is 16.6. The molecule has 0 aromatic carbocycles. The maximum absolute atomic E-state index is 5.75. The van der Waals surface area contributed by atoms with Gasteiger partial charge >= 0.3 is 0 Å². The lowest BCUT2D eigenvalue weighted by atomic mass is 10.2. The van der Waals surface area contributed by atoms with E-state index in [0.717, 1.165) is 13.1 Å². The second-order valence-corrected chi connectivity index (χ2v) is 5.96. The minimum Gasteiger partial charge on any atom is -0.382 e. The molecule has 1 unspecified atom stereocenters. The van der Waals surface area contributed by atoms with E-state index in [1.165, 1.54) is 0 Å². The van der Waals surface area contributed by atoms with Crippen LogP contribution in [0.5, 0.6) is 0 Å². The van der Waals surface area contributed by atoms with Crippen molar-refractivity contribution < 1.29 is 14.2 Å². The fraction of sp³-hybridized carbons (Fsp3) is 1.00. The van der Waals surface area contributed by atoms with E-state index in [1.54, 1.807) is 7.11 Å². The molecule has 4 heteroatoms. The Bertz CT molecular complexity index is 190. The zero-order valence-corrected chi connectivity index (χ0v) is 12.9. The summed E-state index contributed by atoms with van der Waals surface area (Å²) in [6.45, 7) is 14.2. The van der Waals surface area contributed by atoms with Crippen LogP contribution < -0.4 is 5.32 Å². The lowest BCUT2D eigenvalue weighted by Gasteiger charge is -2.22. The first-order valence-corrected chi connectivity index (χ1v) is 6.80. The Morgan fingerprint density at radius 1 is 1.06 bits per heavy atom. The predicted molar refractivity (Wildman–Crippen MR) is 75.0 cm³/mol. The van der Waals surface area contributed by atoms with Crippen molar-refractivity contribution in [2.75, 3.05) is 40.0 Å². The first-order valence-electron chi connectivity index (χ1n) is 6.80. The third-order valence-electron chi connectivity index (χ3n) is 2.25. The highest BCUT2D eigenvalue weighted by Gasteiger charge is 2.12. The molecule has 0 rings (SSSR count). The molecule has 0 spiro atoms. The van der Waals surface area contributed by atoms with Gasteiger partial charge in [-0.15, -0.1) is 0 Å². The van der Waals surface area contributed by atoms with Crippen molar-refractivity contribution in [2.24, 2.45) is 5.92 Å². The van der Waals surface area contributed by atoms with Gasteiger partial charge in [-0.3, -0.25) is 0 Å². The van der Waals surface area contributed by atoms with Crippen LogP contribution in [0.4, 0.5) is 0 Å². The van der Waals surface area contributed by atoms with E-state index in [1.807, 2.05) is 20.8 Å². The van der Waals surface area contributed by atoms with Crippen molar-refractivity contribution in [3.63, 3.8) is 0 Å². The van der Waals surface area contributed by atoms with Gasteiger partial charge in [-0.25, -0.2) is 0 Å². The Labute approximate surface area is 112 Å². The van der Waals surface area contributed by atoms with E-state index in [2.05, 4.69) is 19.2 Å². The minimum atomic E-state index is -0.101. The number of ether oxygens (including phenoxy) is 3. The molecule has 0 saturated carbocycles. The summed E-state index contributed by atoms with van der Waals surface area (Å²) in [6, 6.07) is 0. The molecule has 0 aliphatic carbocycles. The lowest BCUT2D eigenvalue weighted by molar-refractivity contribution is -0.0641. The third-order valence-corrected chi connectivity index (χ3v) is 2.25. The quantitative estimate of drug-likeness (QED) is 0.611. The molecular weight excluding hydrogens is 230 g/mol. The molecule has 0 fully saturated rings. The first kappa shape index (κ1) is 17.8. The van der Waals surface area contributed by atoms with Crippen LogP contribution in [0.15, 0.2) is 0 Å².